The van der Waals surface area contributed by atoms with E-state index in [0.29, 0.717) is 11.2 Å². The third-order valence-corrected chi connectivity index (χ3v) is 6.78. The Morgan fingerprint density at radius 3 is 2.34 bits per heavy atom. The van der Waals surface area contributed by atoms with Crippen molar-refractivity contribution in [3.8, 4) is 22.8 Å². The number of piperidine rings is 1. The zero-order chi connectivity index (χ0) is 21.5. The molecule has 0 unspecified atom stereocenters. The number of aromatic nitrogens is 3. The maximum Gasteiger partial charge on any atom is 0.210 e. The van der Waals surface area contributed by atoms with E-state index in [1.807, 2.05) is 60.8 Å². The Hall–Kier alpha value is -3.58. The summed E-state index contributed by atoms with van der Waals surface area (Å²) in [6.07, 6.45) is 6.09. The number of anilines is 2. The molecule has 7 heteroatoms. The second-order valence-corrected chi connectivity index (χ2v) is 8.82. The molecular formula is C25H26N6O. The maximum absolute atomic E-state index is 6.32. The van der Waals surface area contributed by atoms with Gasteiger partial charge in [-0.1, -0.05) is 18.2 Å². The molecule has 0 radical (unpaired) electrons. The Balaban J connectivity index is 1.33. The summed E-state index contributed by atoms with van der Waals surface area (Å²) in [5.41, 5.74) is 9.50. The van der Waals surface area contributed by atoms with E-state index in [1.54, 1.807) is 6.20 Å². The van der Waals surface area contributed by atoms with E-state index >= 15 is 0 Å². The number of nitrogen functional groups attached to an aromatic ring is 1. The molecule has 3 N–H and O–H groups in total. The second kappa shape index (κ2) is 7.53. The van der Waals surface area contributed by atoms with Gasteiger partial charge in [-0.15, -0.1) is 0 Å². The molecule has 2 aliphatic heterocycles. The molecule has 2 aliphatic rings. The van der Waals surface area contributed by atoms with Crippen molar-refractivity contribution >= 4 is 17.3 Å². The summed E-state index contributed by atoms with van der Waals surface area (Å²) in [6.45, 7) is 4.30. The van der Waals surface area contributed by atoms with Crippen LogP contribution in [0.3, 0.4) is 0 Å². The van der Waals surface area contributed by atoms with E-state index in [0.717, 1.165) is 60.4 Å². The van der Waals surface area contributed by atoms with Gasteiger partial charge in [-0.3, -0.25) is 4.40 Å². The molecule has 2 saturated heterocycles. The number of hydrogen-bond donors (Lipinski definition) is 2. The van der Waals surface area contributed by atoms with Crippen molar-refractivity contribution < 1.29 is 4.74 Å². The van der Waals surface area contributed by atoms with Gasteiger partial charge in [0.1, 0.15) is 28.5 Å². The molecule has 162 valence electrons. The largest absolute Gasteiger partial charge is 0.457 e. The number of ether oxygens (including phenoxy) is 1. The van der Waals surface area contributed by atoms with Gasteiger partial charge in [0.25, 0.3) is 0 Å². The van der Waals surface area contributed by atoms with Gasteiger partial charge in [0, 0.05) is 44.1 Å². The Morgan fingerprint density at radius 1 is 0.938 bits per heavy atom. The van der Waals surface area contributed by atoms with Crippen LogP contribution in [0.15, 0.2) is 67.0 Å². The standard InChI is InChI=1S/C25H26N6O/c26-23-22-21(18-6-8-20(9-7-18)32-19-4-2-1-3-5-19)29-24(31(22)15-12-28-23)30-13-10-25(11-14-30)16-27-17-25/h1-9,12,15,27H,10-11,13-14,16-17H2,(H2,26,28). The molecule has 0 atom stereocenters. The SMILES string of the molecule is Nc1nccn2c(N3CCC4(CC3)CNC4)nc(-c3ccc(Oc4ccccc4)cc3)c12. The number of fused-ring (bicyclic) bond motifs is 1. The topological polar surface area (TPSA) is 80.7 Å². The number of para-hydroxylation sites is 1. The molecule has 0 saturated carbocycles. The number of nitrogens with two attached hydrogens (primary N) is 1. The zero-order valence-electron chi connectivity index (χ0n) is 17.9. The predicted molar refractivity (Wildman–Crippen MR) is 126 cm³/mol. The highest BCUT2D eigenvalue weighted by Gasteiger charge is 2.40. The van der Waals surface area contributed by atoms with Crippen LogP contribution in [0.2, 0.25) is 0 Å². The van der Waals surface area contributed by atoms with Crippen LogP contribution in [0.4, 0.5) is 11.8 Å². The first-order chi connectivity index (χ1) is 15.7. The third kappa shape index (κ3) is 3.26. The van der Waals surface area contributed by atoms with Crippen molar-refractivity contribution in [1.29, 1.82) is 0 Å². The first-order valence-electron chi connectivity index (χ1n) is 11.1. The fourth-order valence-electron chi connectivity index (χ4n) is 4.79. The average molecular weight is 427 g/mol. The Bertz CT molecular complexity index is 1240. The zero-order valence-corrected chi connectivity index (χ0v) is 17.9. The molecule has 0 aliphatic carbocycles. The van der Waals surface area contributed by atoms with Crippen molar-refractivity contribution in [2.45, 2.75) is 12.8 Å². The van der Waals surface area contributed by atoms with Crippen LogP contribution in [0.25, 0.3) is 16.8 Å². The summed E-state index contributed by atoms with van der Waals surface area (Å²) in [4.78, 5) is 11.8. The molecule has 1 spiro atoms. The minimum Gasteiger partial charge on any atom is -0.457 e. The van der Waals surface area contributed by atoms with E-state index < -0.39 is 0 Å². The van der Waals surface area contributed by atoms with Crippen LogP contribution in [0.1, 0.15) is 12.8 Å². The van der Waals surface area contributed by atoms with Gasteiger partial charge < -0.3 is 20.7 Å². The molecule has 0 amide bonds. The van der Waals surface area contributed by atoms with Gasteiger partial charge in [0.15, 0.2) is 0 Å². The third-order valence-electron chi connectivity index (χ3n) is 6.78. The van der Waals surface area contributed by atoms with Crippen LogP contribution in [-0.4, -0.2) is 40.5 Å². The summed E-state index contributed by atoms with van der Waals surface area (Å²) >= 11 is 0. The van der Waals surface area contributed by atoms with Crippen LogP contribution < -0.4 is 20.7 Å². The molecule has 4 heterocycles. The molecule has 4 aromatic rings. The number of nitrogens with zero attached hydrogens (tertiary/aromatic N) is 4. The van der Waals surface area contributed by atoms with Crippen molar-refractivity contribution in [3.05, 3.63) is 67.0 Å². The predicted octanol–water partition coefficient (Wildman–Crippen LogP) is 3.96. The molecule has 0 bridgehead atoms. The fraction of sp³-hybridized carbons (Fsp3) is 0.280. The van der Waals surface area contributed by atoms with E-state index in [4.69, 9.17) is 15.5 Å². The Morgan fingerprint density at radius 2 is 1.66 bits per heavy atom. The summed E-state index contributed by atoms with van der Waals surface area (Å²) in [5, 5.41) is 3.43. The minimum absolute atomic E-state index is 0.488. The number of hydrogen-bond acceptors (Lipinski definition) is 6. The first-order valence-corrected chi connectivity index (χ1v) is 11.1. The van der Waals surface area contributed by atoms with E-state index in [-0.39, 0.29) is 0 Å². The van der Waals surface area contributed by atoms with E-state index in [9.17, 15) is 0 Å². The molecule has 2 aromatic carbocycles. The first kappa shape index (κ1) is 19.1. The van der Waals surface area contributed by atoms with Crippen molar-refractivity contribution in [3.63, 3.8) is 0 Å². The van der Waals surface area contributed by atoms with Crippen molar-refractivity contribution in [2.75, 3.05) is 36.8 Å². The van der Waals surface area contributed by atoms with E-state index in [2.05, 4.69) is 19.6 Å². The fourth-order valence-corrected chi connectivity index (χ4v) is 4.79. The van der Waals surface area contributed by atoms with Gasteiger partial charge in [0.2, 0.25) is 5.95 Å². The highest BCUT2D eigenvalue weighted by Crippen LogP contribution is 2.38. The smallest absolute Gasteiger partial charge is 0.210 e. The Kier molecular flexibility index (Phi) is 4.50. The Labute approximate surface area is 186 Å². The lowest BCUT2D eigenvalue weighted by Crippen LogP contribution is -2.58. The molecule has 2 fully saturated rings. The quantitative estimate of drug-likeness (QED) is 0.514. The maximum atomic E-state index is 6.32. The second-order valence-electron chi connectivity index (χ2n) is 8.82. The van der Waals surface area contributed by atoms with Crippen molar-refractivity contribution in [1.82, 2.24) is 19.7 Å². The lowest BCUT2D eigenvalue weighted by molar-refractivity contribution is 0.126. The number of rotatable bonds is 4. The monoisotopic (exact) mass is 426 g/mol. The highest BCUT2D eigenvalue weighted by molar-refractivity contribution is 5.87. The van der Waals surface area contributed by atoms with Gasteiger partial charge in [-0.05, 0) is 54.7 Å². The van der Waals surface area contributed by atoms with Crippen LogP contribution in [0.5, 0.6) is 11.5 Å². The van der Waals surface area contributed by atoms with Gasteiger partial charge in [-0.2, -0.15) is 0 Å². The summed E-state index contributed by atoms with van der Waals surface area (Å²) in [7, 11) is 0. The minimum atomic E-state index is 0.488. The molecule has 2 aromatic heterocycles. The summed E-state index contributed by atoms with van der Waals surface area (Å²) < 4.78 is 8.03. The van der Waals surface area contributed by atoms with Crippen molar-refractivity contribution in [2.24, 2.45) is 5.41 Å². The van der Waals surface area contributed by atoms with E-state index in [1.165, 1.54) is 12.8 Å². The lowest BCUT2D eigenvalue weighted by atomic mass is 9.73. The van der Waals surface area contributed by atoms with Crippen LogP contribution in [0, 0.1) is 5.41 Å². The number of nitrogens with one attached hydrogen (secondary N) is 1. The molecule has 6 rings (SSSR count). The molecular weight excluding hydrogens is 400 g/mol. The highest BCUT2D eigenvalue weighted by atomic mass is 16.5. The van der Waals surface area contributed by atoms with Gasteiger partial charge in [0.05, 0.1) is 0 Å². The summed E-state index contributed by atoms with van der Waals surface area (Å²) in [6, 6.07) is 17.8. The number of benzene rings is 2. The summed E-state index contributed by atoms with van der Waals surface area (Å²) in [5.74, 6) is 3.02. The van der Waals surface area contributed by atoms with Crippen LogP contribution >= 0.6 is 0 Å². The van der Waals surface area contributed by atoms with Gasteiger partial charge in [-0.25, -0.2) is 9.97 Å². The number of imidazole rings is 1. The van der Waals surface area contributed by atoms with Crippen LogP contribution in [-0.2, 0) is 0 Å². The average Bonchev–Trinajstić information content (AvgIpc) is 3.20. The molecule has 32 heavy (non-hydrogen) atoms. The normalized spacial score (nSPS) is 17.4. The lowest BCUT2D eigenvalue weighted by Gasteiger charge is -2.48. The van der Waals surface area contributed by atoms with Gasteiger partial charge >= 0.3 is 0 Å². The molecule has 7 nitrogen and oxygen atoms in total.